The Kier molecular flexibility index (Phi) is 5.28. The van der Waals surface area contributed by atoms with E-state index >= 15 is 0 Å². The van der Waals surface area contributed by atoms with Crippen LogP contribution in [0, 0.1) is 5.82 Å². The third-order valence-electron chi connectivity index (χ3n) is 3.56. The first kappa shape index (κ1) is 15.4. The van der Waals surface area contributed by atoms with Crippen molar-refractivity contribution >= 4 is 11.5 Å². The fourth-order valence-electron chi connectivity index (χ4n) is 2.24. The highest BCUT2D eigenvalue weighted by molar-refractivity contribution is 5.59. The van der Waals surface area contributed by atoms with Crippen LogP contribution in [0.15, 0.2) is 42.6 Å². The molecule has 4 heteroatoms. The predicted octanol–water partition coefficient (Wildman–Crippen LogP) is 3.66. The van der Waals surface area contributed by atoms with E-state index in [9.17, 15) is 4.39 Å². The van der Waals surface area contributed by atoms with E-state index in [-0.39, 0.29) is 11.9 Å². The summed E-state index contributed by atoms with van der Waals surface area (Å²) in [6.45, 7) is 4.90. The zero-order valence-corrected chi connectivity index (χ0v) is 12.6. The van der Waals surface area contributed by atoms with Gasteiger partial charge in [0, 0.05) is 24.5 Å². The van der Waals surface area contributed by atoms with E-state index in [0.29, 0.717) is 0 Å². The van der Waals surface area contributed by atoms with Gasteiger partial charge in [-0.2, -0.15) is 0 Å². The quantitative estimate of drug-likeness (QED) is 0.881. The third kappa shape index (κ3) is 4.02. The molecule has 1 atom stereocenters. The van der Waals surface area contributed by atoms with E-state index in [0.717, 1.165) is 36.5 Å². The van der Waals surface area contributed by atoms with E-state index in [4.69, 9.17) is 5.73 Å². The van der Waals surface area contributed by atoms with Crippen LogP contribution in [0.3, 0.4) is 0 Å². The minimum absolute atomic E-state index is 0.178. The first-order valence-corrected chi connectivity index (χ1v) is 7.37. The molecule has 0 radical (unpaired) electrons. The molecule has 0 aliphatic rings. The maximum atomic E-state index is 13.0. The van der Waals surface area contributed by atoms with E-state index in [1.165, 1.54) is 12.1 Å². The predicted molar refractivity (Wildman–Crippen MR) is 85.3 cm³/mol. The Morgan fingerprint density at radius 3 is 2.38 bits per heavy atom. The van der Waals surface area contributed by atoms with Gasteiger partial charge >= 0.3 is 0 Å². The van der Waals surface area contributed by atoms with Gasteiger partial charge in [0.05, 0.1) is 0 Å². The van der Waals surface area contributed by atoms with Crippen LogP contribution in [0.2, 0.25) is 0 Å². The van der Waals surface area contributed by atoms with Gasteiger partial charge in [-0.15, -0.1) is 0 Å². The summed E-state index contributed by atoms with van der Waals surface area (Å²) in [6.07, 6.45) is 3.67. The van der Waals surface area contributed by atoms with Crippen molar-refractivity contribution in [2.24, 2.45) is 5.73 Å². The minimum atomic E-state index is -0.230. The van der Waals surface area contributed by atoms with Crippen LogP contribution in [0.25, 0.3) is 0 Å². The topological polar surface area (TPSA) is 42.1 Å². The molecule has 2 aromatic rings. The maximum absolute atomic E-state index is 13.0. The standard InChI is InChI=1S/C17H22FN3/c1-3-15(19)11-13-5-10-17(20-12-13)21(4-2)16-8-6-14(18)7-9-16/h5-10,12,15H,3-4,11,19H2,1-2H3. The smallest absolute Gasteiger partial charge is 0.132 e. The molecule has 2 rings (SSSR count). The fourth-order valence-corrected chi connectivity index (χ4v) is 2.24. The van der Waals surface area contributed by atoms with Crippen molar-refractivity contribution < 1.29 is 4.39 Å². The Balaban J connectivity index is 2.17. The highest BCUT2D eigenvalue weighted by Crippen LogP contribution is 2.23. The summed E-state index contributed by atoms with van der Waals surface area (Å²) < 4.78 is 13.0. The van der Waals surface area contributed by atoms with Crippen molar-refractivity contribution in [2.45, 2.75) is 32.7 Å². The minimum Gasteiger partial charge on any atom is -0.327 e. The molecule has 0 spiro atoms. The van der Waals surface area contributed by atoms with Gasteiger partial charge < -0.3 is 10.6 Å². The molecule has 1 aromatic heterocycles. The average molecular weight is 287 g/mol. The number of hydrogen-bond acceptors (Lipinski definition) is 3. The SMILES string of the molecule is CCC(N)Cc1ccc(N(CC)c2ccc(F)cc2)nc1. The number of hydrogen-bond donors (Lipinski definition) is 1. The molecule has 0 aliphatic carbocycles. The Morgan fingerprint density at radius 1 is 1.14 bits per heavy atom. The van der Waals surface area contributed by atoms with Gasteiger partial charge in [0.15, 0.2) is 0 Å². The van der Waals surface area contributed by atoms with Crippen molar-refractivity contribution in [2.75, 3.05) is 11.4 Å². The molecule has 3 nitrogen and oxygen atoms in total. The van der Waals surface area contributed by atoms with Crippen LogP contribution < -0.4 is 10.6 Å². The zero-order chi connectivity index (χ0) is 15.2. The molecule has 1 aromatic carbocycles. The van der Waals surface area contributed by atoms with Crippen LogP contribution in [0.4, 0.5) is 15.9 Å². The van der Waals surface area contributed by atoms with Gasteiger partial charge in [-0.05, 0) is 55.7 Å². The van der Waals surface area contributed by atoms with Crippen LogP contribution in [0.5, 0.6) is 0 Å². The Hall–Kier alpha value is -1.94. The second kappa shape index (κ2) is 7.18. The Bertz CT molecular complexity index is 551. The maximum Gasteiger partial charge on any atom is 0.132 e. The number of halogens is 1. The summed E-state index contributed by atoms with van der Waals surface area (Å²) in [7, 11) is 0. The summed E-state index contributed by atoms with van der Waals surface area (Å²) in [5.41, 5.74) is 8.04. The molecule has 2 N–H and O–H groups in total. The summed E-state index contributed by atoms with van der Waals surface area (Å²) in [6, 6.07) is 10.7. The molecule has 112 valence electrons. The second-order valence-electron chi connectivity index (χ2n) is 5.12. The highest BCUT2D eigenvalue weighted by atomic mass is 19.1. The van der Waals surface area contributed by atoms with Crippen molar-refractivity contribution in [3.8, 4) is 0 Å². The van der Waals surface area contributed by atoms with Crippen LogP contribution >= 0.6 is 0 Å². The largest absolute Gasteiger partial charge is 0.327 e. The van der Waals surface area contributed by atoms with Crippen LogP contribution in [-0.4, -0.2) is 17.6 Å². The van der Waals surface area contributed by atoms with Gasteiger partial charge in [0.2, 0.25) is 0 Å². The molecule has 0 aliphatic heterocycles. The molecule has 0 saturated carbocycles. The molecule has 0 amide bonds. The first-order chi connectivity index (χ1) is 10.1. The van der Waals surface area contributed by atoms with Crippen LogP contribution in [0.1, 0.15) is 25.8 Å². The monoisotopic (exact) mass is 287 g/mol. The molecular weight excluding hydrogens is 265 g/mol. The second-order valence-corrected chi connectivity index (χ2v) is 5.12. The van der Waals surface area contributed by atoms with E-state index in [1.54, 1.807) is 12.1 Å². The van der Waals surface area contributed by atoms with E-state index in [1.807, 2.05) is 24.1 Å². The van der Waals surface area contributed by atoms with E-state index in [2.05, 4.69) is 18.0 Å². The highest BCUT2D eigenvalue weighted by Gasteiger charge is 2.09. The zero-order valence-electron chi connectivity index (χ0n) is 12.6. The summed E-state index contributed by atoms with van der Waals surface area (Å²) in [5, 5.41) is 0. The van der Waals surface area contributed by atoms with Crippen molar-refractivity contribution in [3.63, 3.8) is 0 Å². The summed E-state index contributed by atoms with van der Waals surface area (Å²) in [4.78, 5) is 6.56. The lowest BCUT2D eigenvalue weighted by molar-refractivity contribution is 0.628. The number of pyridine rings is 1. The molecule has 21 heavy (non-hydrogen) atoms. The Morgan fingerprint density at radius 2 is 1.86 bits per heavy atom. The molecule has 1 heterocycles. The number of aromatic nitrogens is 1. The lowest BCUT2D eigenvalue weighted by atomic mass is 10.1. The lowest BCUT2D eigenvalue weighted by Gasteiger charge is -2.22. The van der Waals surface area contributed by atoms with Crippen molar-refractivity contribution in [1.29, 1.82) is 0 Å². The molecule has 1 unspecified atom stereocenters. The average Bonchev–Trinajstić information content (AvgIpc) is 2.51. The first-order valence-electron chi connectivity index (χ1n) is 7.37. The van der Waals surface area contributed by atoms with E-state index < -0.39 is 0 Å². The van der Waals surface area contributed by atoms with Crippen molar-refractivity contribution in [1.82, 2.24) is 4.98 Å². The van der Waals surface area contributed by atoms with Gasteiger partial charge in [-0.25, -0.2) is 9.37 Å². The number of benzene rings is 1. The van der Waals surface area contributed by atoms with Gasteiger partial charge in [0.1, 0.15) is 11.6 Å². The van der Waals surface area contributed by atoms with Gasteiger partial charge in [0.25, 0.3) is 0 Å². The molecule has 0 saturated heterocycles. The fraction of sp³-hybridized carbons (Fsp3) is 0.353. The molecule has 0 fully saturated rings. The number of nitrogens with two attached hydrogens (primary N) is 1. The molecular formula is C17H22FN3. The molecule has 0 bridgehead atoms. The number of rotatable bonds is 6. The Labute approximate surface area is 125 Å². The van der Waals surface area contributed by atoms with Gasteiger partial charge in [-0.1, -0.05) is 13.0 Å². The lowest BCUT2D eigenvalue weighted by Crippen LogP contribution is -2.22. The van der Waals surface area contributed by atoms with Gasteiger partial charge in [-0.3, -0.25) is 0 Å². The normalized spacial score (nSPS) is 12.2. The number of nitrogens with zero attached hydrogens (tertiary/aromatic N) is 2. The van der Waals surface area contributed by atoms with Crippen molar-refractivity contribution in [3.05, 3.63) is 54.0 Å². The summed E-state index contributed by atoms with van der Waals surface area (Å²) in [5.74, 6) is 0.629. The van der Waals surface area contributed by atoms with Crippen LogP contribution in [-0.2, 0) is 6.42 Å². The third-order valence-corrected chi connectivity index (χ3v) is 3.56. The number of anilines is 2. The summed E-state index contributed by atoms with van der Waals surface area (Å²) >= 11 is 0.